The van der Waals surface area contributed by atoms with E-state index in [0.717, 1.165) is 31.5 Å². The van der Waals surface area contributed by atoms with Crippen molar-refractivity contribution < 1.29 is 14.7 Å². The van der Waals surface area contributed by atoms with Gasteiger partial charge in [-0.05, 0) is 25.7 Å². The van der Waals surface area contributed by atoms with Crippen LogP contribution in [0.25, 0.3) is 0 Å². The molecule has 2 aliphatic rings. The van der Waals surface area contributed by atoms with E-state index in [1.807, 2.05) is 6.07 Å². The van der Waals surface area contributed by atoms with Crippen LogP contribution < -0.4 is 5.32 Å². The van der Waals surface area contributed by atoms with Crippen LogP contribution in [0.2, 0.25) is 0 Å². The van der Waals surface area contributed by atoms with Crippen LogP contribution in [0, 0.1) is 0 Å². The lowest BCUT2D eigenvalue weighted by Gasteiger charge is -2.35. The first kappa shape index (κ1) is 16.0. The summed E-state index contributed by atoms with van der Waals surface area (Å²) in [4.78, 5) is 24.2. The van der Waals surface area contributed by atoms with Gasteiger partial charge < -0.3 is 15.0 Å². The lowest BCUT2D eigenvalue weighted by molar-refractivity contribution is -0.118. The van der Waals surface area contributed by atoms with Crippen LogP contribution in [-0.2, 0) is 11.4 Å². The summed E-state index contributed by atoms with van der Waals surface area (Å²) in [5.74, 6) is 0.656. The Morgan fingerprint density at radius 2 is 1.88 bits per heavy atom. The summed E-state index contributed by atoms with van der Waals surface area (Å²) in [5.41, 5.74) is 0.400. The van der Waals surface area contributed by atoms with Crippen LogP contribution in [0.3, 0.4) is 0 Å². The second kappa shape index (κ2) is 6.40. The SMILES string of the molecule is O=C(NC1CC(c2nnc(CO)n2C2CC2)C1)C(=O)c1ccccc1. The number of hydrogen-bond donors (Lipinski definition) is 2. The van der Waals surface area contributed by atoms with Crippen LogP contribution in [0.5, 0.6) is 0 Å². The number of aliphatic hydroxyl groups excluding tert-OH is 1. The number of Topliss-reactive ketones (excluding diaryl/α,β-unsaturated/α-hetero) is 1. The number of hydrogen-bond acceptors (Lipinski definition) is 5. The summed E-state index contributed by atoms with van der Waals surface area (Å²) in [5, 5.41) is 20.5. The van der Waals surface area contributed by atoms with Crippen molar-refractivity contribution in [3.63, 3.8) is 0 Å². The lowest BCUT2D eigenvalue weighted by atomic mass is 9.79. The van der Waals surface area contributed by atoms with Gasteiger partial charge in [-0.15, -0.1) is 10.2 Å². The standard InChI is InChI=1S/C18H20N4O3/c23-10-15-20-21-17(22(15)14-6-7-14)12-8-13(9-12)19-18(25)16(24)11-4-2-1-3-5-11/h1-5,12-14,23H,6-10H2,(H,19,25). The van der Waals surface area contributed by atoms with Crippen molar-refractivity contribution in [1.29, 1.82) is 0 Å². The van der Waals surface area contributed by atoms with E-state index in [1.54, 1.807) is 24.3 Å². The normalized spacial score (nSPS) is 22.3. The highest BCUT2D eigenvalue weighted by Crippen LogP contribution is 2.42. The Morgan fingerprint density at radius 3 is 2.52 bits per heavy atom. The van der Waals surface area contributed by atoms with E-state index in [9.17, 15) is 14.7 Å². The number of carbonyl (C=O) groups excluding carboxylic acids is 2. The zero-order valence-electron chi connectivity index (χ0n) is 13.8. The second-order valence-electron chi connectivity index (χ2n) is 6.77. The third-order valence-electron chi connectivity index (χ3n) is 4.93. The molecule has 0 bridgehead atoms. The van der Waals surface area contributed by atoms with Gasteiger partial charge in [-0.3, -0.25) is 9.59 Å². The first-order chi connectivity index (χ1) is 12.2. The summed E-state index contributed by atoms with van der Waals surface area (Å²) in [7, 11) is 0. The molecule has 0 unspecified atom stereocenters. The Bertz CT molecular complexity index is 792. The van der Waals surface area contributed by atoms with E-state index in [0.29, 0.717) is 17.4 Å². The number of aliphatic hydroxyl groups is 1. The van der Waals surface area contributed by atoms with Crippen molar-refractivity contribution >= 4 is 11.7 Å². The number of benzene rings is 1. The molecule has 25 heavy (non-hydrogen) atoms. The number of carbonyl (C=O) groups is 2. The Kier molecular flexibility index (Phi) is 4.09. The lowest BCUT2D eigenvalue weighted by Crippen LogP contribution is -2.46. The highest BCUT2D eigenvalue weighted by molar-refractivity contribution is 6.42. The maximum Gasteiger partial charge on any atom is 0.292 e. The van der Waals surface area contributed by atoms with Gasteiger partial charge in [-0.1, -0.05) is 30.3 Å². The Labute approximate surface area is 145 Å². The van der Waals surface area contributed by atoms with Gasteiger partial charge in [-0.2, -0.15) is 0 Å². The quantitative estimate of drug-likeness (QED) is 0.611. The van der Waals surface area contributed by atoms with Gasteiger partial charge in [0.25, 0.3) is 5.91 Å². The average Bonchev–Trinajstić information content (AvgIpc) is 3.36. The smallest absolute Gasteiger partial charge is 0.292 e. The maximum absolute atomic E-state index is 12.1. The number of rotatable bonds is 6. The van der Waals surface area contributed by atoms with Crippen molar-refractivity contribution in [2.75, 3.05) is 0 Å². The van der Waals surface area contributed by atoms with Crippen molar-refractivity contribution in [2.24, 2.45) is 0 Å². The van der Waals surface area contributed by atoms with Gasteiger partial charge in [0.2, 0.25) is 5.78 Å². The number of nitrogens with zero attached hydrogens (tertiary/aromatic N) is 3. The van der Waals surface area contributed by atoms with E-state index in [1.165, 1.54) is 0 Å². The molecule has 2 fully saturated rings. The van der Waals surface area contributed by atoms with E-state index >= 15 is 0 Å². The highest BCUT2D eigenvalue weighted by atomic mass is 16.3. The Morgan fingerprint density at radius 1 is 1.16 bits per heavy atom. The third-order valence-corrected chi connectivity index (χ3v) is 4.93. The van der Waals surface area contributed by atoms with Crippen LogP contribution in [0.1, 0.15) is 59.6 Å². The third kappa shape index (κ3) is 3.07. The van der Waals surface area contributed by atoms with Crippen molar-refractivity contribution in [2.45, 2.75) is 50.3 Å². The van der Waals surface area contributed by atoms with Gasteiger partial charge in [0.15, 0.2) is 5.82 Å². The number of ketones is 1. The molecule has 0 saturated heterocycles. The molecular formula is C18H20N4O3. The first-order valence-corrected chi connectivity index (χ1v) is 8.62. The van der Waals surface area contributed by atoms with Gasteiger partial charge in [0.05, 0.1) is 0 Å². The van der Waals surface area contributed by atoms with Crippen LogP contribution in [0.15, 0.2) is 30.3 Å². The molecule has 1 aromatic heterocycles. The summed E-state index contributed by atoms with van der Waals surface area (Å²) in [6, 6.07) is 8.95. The molecule has 2 N–H and O–H groups in total. The largest absolute Gasteiger partial charge is 0.388 e. The molecular weight excluding hydrogens is 320 g/mol. The molecule has 1 heterocycles. The molecule has 7 heteroatoms. The molecule has 7 nitrogen and oxygen atoms in total. The van der Waals surface area contributed by atoms with Crippen LogP contribution in [-0.4, -0.2) is 37.6 Å². The molecule has 2 aromatic rings. The minimum absolute atomic E-state index is 0.0212. The minimum atomic E-state index is -0.561. The molecule has 1 amide bonds. The molecule has 4 rings (SSSR count). The molecule has 0 aliphatic heterocycles. The van der Waals surface area contributed by atoms with E-state index in [-0.39, 0.29) is 18.6 Å². The summed E-state index contributed by atoms with van der Waals surface area (Å²) >= 11 is 0. The number of amides is 1. The van der Waals surface area contributed by atoms with E-state index in [2.05, 4.69) is 20.1 Å². The van der Waals surface area contributed by atoms with Crippen molar-refractivity contribution in [3.05, 3.63) is 47.5 Å². The average molecular weight is 340 g/mol. The predicted molar refractivity (Wildman–Crippen MR) is 88.9 cm³/mol. The fourth-order valence-electron chi connectivity index (χ4n) is 3.37. The van der Waals surface area contributed by atoms with E-state index in [4.69, 9.17) is 0 Å². The van der Waals surface area contributed by atoms with Crippen molar-refractivity contribution in [3.8, 4) is 0 Å². The fourth-order valence-corrected chi connectivity index (χ4v) is 3.37. The summed E-state index contributed by atoms with van der Waals surface area (Å²) in [6.07, 6.45) is 3.67. The van der Waals surface area contributed by atoms with Gasteiger partial charge in [-0.25, -0.2) is 0 Å². The van der Waals surface area contributed by atoms with Gasteiger partial charge in [0, 0.05) is 23.6 Å². The minimum Gasteiger partial charge on any atom is -0.388 e. The summed E-state index contributed by atoms with van der Waals surface area (Å²) < 4.78 is 2.05. The molecule has 130 valence electrons. The topological polar surface area (TPSA) is 97.1 Å². The number of nitrogens with one attached hydrogen (secondary N) is 1. The van der Waals surface area contributed by atoms with Gasteiger partial charge in [0.1, 0.15) is 12.4 Å². The molecule has 0 atom stereocenters. The van der Waals surface area contributed by atoms with Gasteiger partial charge >= 0.3 is 0 Å². The molecule has 0 radical (unpaired) electrons. The highest BCUT2D eigenvalue weighted by Gasteiger charge is 2.39. The number of aromatic nitrogens is 3. The monoisotopic (exact) mass is 340 g/mol. The molecule has 1 aromatic carbocycles. The molecule has 2 aliphatic carbocycles. The summed E-state index contributed by atoms with van der Waals surface area (Å²) in [6.45, 7) is -0.109. The molecule has 2 saturated carbocycles. The second-order valence-corrected chi connectivity index (χ2v) is 6.77. The zero-order chi connectivity index (χ0) is 17.4. The Hall–Kier alpha value is -2.54. The molecule has 0 spiro atoms. The predicted octanol–water partition coefficient (Wildman–Crippen LogP) is 1.35. The van der Waals surface area contributed by atoms with Crippen LogP contribution in [0.4, 0.5) is 0 Å². The zero-order valence-corrected chi connectivity index (χ0v) is 13.8. The fraction of sp³-hybridized carbons (Fsp3) is 0.444. The van der Waals surface area contributed by atoms with Crippen LogP contribution >= 0.6 is 0 Å². The van der Waals surface area contributed by atoms with E-state index < -0.39 is 11.7 Å². The maximum atomic E-state index is 12.1. The Balaban J connectivity index is 1.36. The first-order valence-electron chi connectivity index (χ1n) is 8.62. The van der Waals surface area contributed by atoms with Crippen molar-refractivity contribution in [1.82, 2.24) is 20.1 Å².